The standard InChI is InChI=1S/C11H14N4O6/c1-11(21-5-10(17)18)6-13(7-11)9(16)4-14-3-2-8(12-14)15(19)20/h2-3H,4-7H2,1H3,(H,17,18). The number of carbonyl (C=O) groups excluding carboxylic acids is 1. The smallest absolute Gasteiger partial charge is 0.389 e. The molecule has 1 amide bonds. The molecule has 1 aromatic rings. The second kappa shape index (κ2) is 5.48. The first kappa shape index (κ1) is 14.9. The number of rotatable bonds is 6. The fourth-order valence-corrected chi connectivity index (χ4v) is 2.04. The second-order valence-corrected chi connectivity index (χ2v) is 5.01. The molecule has 1 aliphatic rings. The number of aliphatic carboxylic acids is 1. The van der Waals surface area contributed by atoms with Crippen molar-refractivity contribution in [2.45, 2.75) is 19.1 Å². The largest absolute Gasteiger partial charge is 0.480 e. The Morgan fingerprint density at radius 2 is 2.24 bits per heavy atom. The van der Waals surface area contributed by atoms with Gasteiger partial charge in [0.15, 0.2) is 0 Å². The number of carboxylic acid groups (broad SMARTS) is 1. The summed E-state index contributed by atoms with van der Waals surface area (Å²) in [5.74, 6) is -1.64. The van der Waals surface area contributed by atoms with Crippen LogP contribution < -0.4 is 0 Å². The first-order valence-corrected chi connectivity index (χ1v) is 6.10. The van der Waals surface area contributed by atoms with E-state index in [9.17, 15) is 19.7 Å². The molecule has 0 aromatic carbocycles. The molecular weight excluding hydrogens is 284 g/mol. The number of carboxylic acids is 1. The van der Waals surface area contributed by atoms with Crippen molar-refractivity contribution in [3.63, 3.8) is 0 Å². The zero-order valence-corrected chi connectivity index (χ0v) is 11.3. The Hall–Kier alpha value is -2.49. The van der Waals surface area contributed by atoms with Crippen LogP contribution in [0.3, 0.4) is 0 Å². The highest BCUT2D eigenvalue weighted by Gasteiger charge is 2.42. The van der Waals surface area contributed by atoms with Crippen molar-refractivity contribution in [3.05, 3.63) is 22.4 Å². The monoisotopic (exact) mass is 298 g/mol. The SMILES string of the molecule is CC1(OCC(=O)O)CN(C(=O)Cn2ccc([N+](=O)[O-])n2)C1. The Morgan fingerprint density at radius 1 is 1.57 bits per heavy atom. The van der Waals surface area contributed by atoms with E-state index in [1.807, 2.05) is 0 Å². The van der Waals surface area contributed by atoms with Crippen molar-refractivity contribution in [2.75, 3.05) is 19.7 Å². The molecule has 0 saturated carbocycles. The van der Waals surface area contributed by atoms with Gasteiger partial charge in [0, 0.05) is 0 Å². The van der Waals surface area contributed by atoms with Crippen LogP contribution in [-0.4, -0.2) is 61.9 Å². The van der Waals surface area contributed by atoms with Crippen LogP contribution in [0.1, 0.15) is 6.92 Å². The van der Waals surface area contributed by atoms with Gasteiger partial charge < -0.3 is 24.9 Å². The van der Waals surface area contributed by atoms with Gasteiger partial charge in [0.1, 0.15) is 18.8 Å². The van der Waals surface area contributed by atoms with E-state index in [2.05, 4.69) is 5.10 Å². The molecule has 10 heteroatoms. The van der Waals surface area contributed by atoms with E-state index in [4.69, 9.17) is 9.84 Å². The number of likely N-dealkylation sites (tertiary alicyclic amines) is 1. The van der Waals surface area contributed by atoms with Gasteiger partial charge in [-0.2, -0.15) is 4.68 Å². The van der Waals surface area contributed by atoms with E-state index in [-0.39, 0.29) is 31.4 Å². The van der Waals surface area contributed by atoms with Crippen molar-refractivity contribution in [3.8, 4) is 0 Å². The molecule has 1 fully saturated rings. The van der Waals surface area contributed by atoms with Crippen molar-refractivity contribution in [2.24, 2.45) is 0 Å². The van der Waals surface area contributed by atoms with E-state index in [0.29, 0.717) is 0 Å². The number of carbonyl (C=O) groups is 2. The van der Waals surface area contributed by atoms with E-state index in [1.54, 1.807) is 6.92 Å². The van der Waals surface area contributed by atoms with E-state index in [1.165, 1.54) is 21.8 Å². The summed E-state index contributed by atoms with van der Waals surface area (Å²) in [5.41, 5.74) is -0.663. The minimum Gasteiger partial charge on any atom is -0.480 e. The molecule has 2 heterocycles. The fraction of sp³-hybridized carbons (Fsp3) is 0.545. The van der Waals surface area contributed by atoms with Gasteiger partial charge in [0.05, 0.1) is 30.5 Å². The van der Waals surface area contributed by atoms with Crippen molar-refractivity contribution in [1.82, 2.24) is 14.7 Å². The molecule has 2 rings (SSSR count). The highest BCUT2D eigenvalue weighted by atomic mass is 16.6. The summed E-state index contributed by atoms with van der Waals surface area (Å²) in [7, 11) is 0. The average molecular weight is 298 g/mol. The van der Waals surface area contributed by atoms with E-state index in [0.717, 1.165) is 0 Å². The van der Waals surface area contributed by atoms with Gasteiger partial charge in [-0.05, 0) is 11.8 Å². The summed E-state index contributed by atoms with van der Waals surface area (Å²) in [6, 6.07) is 1.21. The van der Waals surface area contributed by atoms with Crippen molar-refractivity contribution >= 4 is 17.7 Å². The summed E-state index contributed by atoms with van der Waals surface area (Å²) in [6.07, 6.45) is 1.36. The molecule has 10 nitrogen and oxygen atoms in total. The Balaban J connectivity index is 1.83. The second-order valence-electron chi connectivity index (χ2n) is 5.01. The number of hydrogen-bond acceptors (Lipinski definition) is 6. The third kappa shape index (κ3) is 3.54. The number of ether oxygens (including phenoxy) is 1. The maximum atomic E-state index is 11.9. The van der Waals surface area contributed by atoms with Crippen LogP contribution in [0.4, 0.5) is 5.82 Å². The summed E-state index contributed by atoms with van der Waals surface area (Å²) in [5, 5.41) is 22.7. The molecule has 0 radical (unpaired) electrons. The van der Waals surface area contributed by atoms with E-state index >= 15 is 0 Å². The maximum Gasteiger partial charge on any atom is 0.389 e. The average Bonchev–Trinajstić information content (AvgIpc) is 2.81. The van der Waals surface area contributed by atoms with Crippen LogP contribution in [0.5, 0.6) is 0 Å². The number of nitrogens with zero attached hydrogens (tertiary/aromatic N) is 4. The Morgan fingerprint density at radius 3 is 2.76 bits per heavy atom. The van der Waals surface area contributed by atoms with Crippen LogP contribution in [0.2, 0.25) is 0 Å². The highest BCUT2D eigenvalue weighted by Crippen LogP contribution is 2.24. The predicted octanol–water partition coefficient (Wildman–Crippen LogP) is -0.507. The molecule has 0 bridgehead atoms. The number of nitro groups is 1. The lowest BCUT2D eigenvalue weighted by atomic mass is 9.96. The van der Waals surface area contributed by atoms with Gasteiger partial charge in [-0.3, -0.25) is 4.79 Å². The van der Waals surface area contributed by atoms with Gasteiger partial charge in [-0.1, -0.05) is 0 Å². The third-order valence-corrected chi connectivity index (χ3v) is 3.06. The Bertz CT molecular complexity index is 577. The Kier molecular flexibility index (Phi) is 3.89. The lowest BCUT2D eigenvalue weighted by molar-refractivity contribution is -0.389. The van der Waals surface area contributed by atoms with Crippen LogP contribution in [0.15, 0.2) is 12.3 Å². The van der Waals surface area contributed by atoms with Crippen LogP contribution >= 0.6 is 0 Å². The fourth-order valence-electron chi connectivity index (χ4n) is 2.04. The predicted molar refractivity (Wildman–Crippen MR) is 67.5 cm³/mol. The zero-order chi connectivity index (χ0) is 15.6. The molecule has 1 aliphatic heterocycles. The molecule has 1 N–H and O–H groups in total. The Labute approximate surface area is 119 Å². The molecule has 0 unspecified atom stereocenters. The first-order valence-electron chi connectivity index (χ1n) is 6.10. The topological polar surface area (TPSA) is 128 Å². The summed E-state index contributed by atoms with van der Waals surface area (Å²) >= 11 is 0. The third-order valence-electron chi connectivity index (χ3n) is 3.06. The van der Waals surface area contributed by atoms with Crippen molar-refractivity contribution in [1.29, 1.82) is 0 Å². The normalized spacial score (nSPS) is 16.3. The maximum absolute atomic E-state index is 11.9. The van der Waals surface area contributed by atoms with Gasteiger partial charge in [-0.25, -0.2) is 4.79 Å². The van der Waals surface area contributed by atoms with Gasteiger partial charge in [0.25, 0.3) is 0 Å². The van der Waals surface area contributed by atoms with Crippen LogP contribution in [0.25, 0.3) is 0 Å². The van der Waals surface area contributed by atoms with Crippen LogP contribution in [-0.2, 0) is 20.9 Å². The molecule has 1 aromatic heterocycles. The summed E-state index contributed by atoms with van der Waals surface area (Å²) < 4.78 is 6.38. The minimum absolute atomic E-state index is 0.108. The molecule has 0 atom stereocenters. The lowest BCUT2D eigenvalue weighted by Gasteiger charge is -2.47. The molecule has 0 spiro atoms. The first-order chi connectivity index (χ1) is 9.79. The summed E-state index contributed by atoms with van der Waals surface area (Å²) in [4.78, 5) is 33.7. The van der Waals surface area contributed by atoms with Gasteiger partial charge >= 0.3 is 11.8 Å². The van der Waals surface area contributed by atoms with E-state index < -0.39 is 23.1 Å². The minimum atomic E-state index is -1.06. The zero-order valence-electron chi connectivity index (χ0n) is 11.3. The molecule has 0 aliphatic carbocycles. The highest BCUT2D eigenvalue weighted by molar-refractivity contribution is 5.77. The quantitative estimate of drug-likeness (QED) is 0.553. The molecule has 21 heavy (non-hydrogen) atoms. The number of amides is 1. The molecule has 1 saturated heterocycles. The van der Waals surface area contributed by atoms with Crippen molar-refractivity contribution < 1.29 is 24.4 Å². The summed E-state index contributed by atoms with van der Waals surface area (Å²) in [6.45, 7) is 1.76. The van der Waals surface area contributed by atoms with Crippen LogP contribution in [0, 0.1) is 10.1 Å². The lowest BCUT2D eigenvalue weighted by Crippen LogP contribution is -2.63. The number of aromatic nitrogens is 2. The molecular formula is C11H14N4O6. The number of hydrogen-bond donors (Lipinski definition) is 1. The molecule has 114 valence electrons. The van der Waals surface area contributed by atoms with Gasteiger partial charge in [0.2, 0.25) is 5.91 Å². The van der Waals surface area contributed by atoms with Gasteiger partial charge in [-0.15, -0.1) is 0 Å².